The molecular formula is C17H25N3O4S2. The van der Waals surface area contributed by atoms with E-state index in [2.05, 4.69) is 4.90 Å². The van der Waals surface area contributed by atoms with Gasteiger partial charge in [-0.15, -0.1) is 11.8 Å². The van der Waals surface area contributed by atoms with Gasteiger partial charge in [-0.2, -0.15) is 4.31 Å². The molecule has 7 nitrogen and oxygen atoms in total. The van der Waals surface area contributed by atoms with Crippen molar-refractivity contribution in [2.24, 2.45) is 0 Å². The maximum Gasteiger partial charge on any atom is 0.284 e. The van der Waals surface area contributed by atoms with Crippen LogP contribution < -0.4 is 0 Å². The van der Waals surface area contributed by atoms with Crippen LogP contribution in [-0.4, -0.2) is 61.0 Å². The van der Waals surface area contributed by atoms with Gasteiger partial charge in [0.1, 0.15) is 0 Å². The topological polar surface area (TPSA) is 83.8 Å². The lowest BCUT2D eigenvalue weighted by Gasteiger charge is -2.31. The fourth-order valence-electron chi connectivity index (χ4n) is 3.44. The summed E-state index contributed by atoms with van der Waals surface area (Å²) < 4.78 is 27.1. The van der Waals surface area contributed by atoms with E-state index in [4.69, 9.17) is 0 Å². The number of nitro benzene ring substituents is 1. The number of likely N-dealkylation sites (N-methyl/N-ethyl adjacent to an activating group) is 1. The molecule has 2 fully saturated rings. The normalized spacial score (nSPS) is 21.0. The first kappa shape index (κ1) is 19.6. The Hall–Kier alpha value is -1.16. The first-order chi connectivity index (χ1) is 12.4. The smallest absolute Gasteiger partial charge is 0.284 e. The van der Waals surface area contributed by atoms with E-state index in [0.29, 0.717) is 36.3 Å². The van der Waals surface area contributed by atoms with Crippen LogP contribution in [0, 0.1) is 10.1 Å². The highest BCUT2D eigenvalue weighted by molar-refractivity contribution is 8.00. The second kappa shape index (κ2) is 8.24. The number of hydrogen-bond donors (Lipinski definition) is 0. The van der Waals surface area contributed by atoms with Crippen LogP contribution in [0.1, 0.15) is 32.1 Å². The Morgan fingerprint density at radius 3 is 2.38 bits per heavy atom. The summed E-state index contributed by atoms with van der Waals surface area (Å²) in [6.45, 7) is 2.14. The van der Waals surface area contributed by atoms with Crippen molar-refractivity contribution in [2.75, 3.05) is 33.2 Å². The van der Waals surface area contributed by atoms with E-state index in [1.807, 2.05) is 7.05 Å². The van der Waals surface area contributed by atoms with Gasteiger partial charge in [0, 0.05) is 37.5 Å². The largest absolute Gasteiger partial charge is 0.304 e. The molecule has 2 aliphatic rings. The first-order valence-corrected chi connectivity index (χ1v) is 11.3. The van der Waals surface area contributed by atoms with Gasteiger partial charge in [-0.25, -0.2) is 8.42 Å². The Morgan fingerprint density at radius 1 is 1.12 bits per heavy atom. The molecule has 1 aliphatic heterocycles. The van der Waals surface area contributed by atoms with Gasteiger partial charge in [-0.1, -0.05) is 19.3 Å². The van der Waals surface area contributed by atoms with E-state index in [-0.39, 0.29) is 10.6 Å². The van der Waals surface area contributed by atoms with Crippen LogP contribution in [-0.2, 0) is 10.0 Å². The van der Waals surface area contributed by atoms with E-state index in [0.717, 1.165) is 25.7 Å². The molecule has 3 rings (SSSR count). The van der Waals surface area contributed by atoms with Gasteiger partial charge < -0.3 is 4.90 Å². The Labute approximate surface area is 158 Å². The van der Waals surface area contributed by atoms with E-state index < -0.39 is 14.9 Å². The van der Waals surface area contributed by atoms with Crippen LogP contribution >= 0.6 is 11.8 Å². The zero-order valence-corrected chi connectivity index (χ0v) is 16.6. The second-order valence-electron chi connectivity index (χ2n) is 6.97. The summed E-state index contributed by atoms with van der Waals surface area (Å²) in [5.74, 6) is 0. The van der Waals surface area contributed by atoms with Crippen LogP contribution in [0.5, 0.6) is 0 Å². The lowest BCUT2D eigenvalue weighted by atomic mass is 10.0. The molecule has 0 spiro atoms. The van der Waals surface area contributed by atoms with Crippen molar-refractivity contribution in [3.05, 3.63) is 28.3 Å². The van der Waals surface area contributed by atoms with Crippen molar-refractivity contribution in [3.63, 3.8) is 0 Å². The third kappa shape index (κ3) is 4.39. The number of sulfonamides is 1. The highest BCUT2D eigenvalue weighted by Crippen LogP contribution is 2.39. The highest BCUT2D eigenvalue weighted by Gasteiger charge is 2.30. The molecule has 0 N–H and O–H groups in total. The minimum Gasteiger partial charge on any atom is -0.304 e. The van der Waals surface area contributed by atoms with Crippen LogP contribution in [0.25, 0.3) is 0 Å². The van der Waals surface area contributed by atoms with E-state index in [1.54, 1.807) is 6.07 Å². The van der Waals surface area contributed by atoms with Crippen molar-refractivity contribution in [3.8, 4) is 0 Å². The second-order valence-corrected chi connectivity index (χ2v) is 10.3. The Bertz CT molecular complexity index is 755. The summed E-state index contributed by atoms with van der Waals surface area (Å²) in [5.41, 5.74) is -0.101. The summed E-state index contributed by atoms with van der Waals surface area (Å²) >= 11 is 1.52. The standard InChI is InChI=1S/C17H25N3O4S2/c1-18-9-11-19(12-10-18)26(23,24)15-7-8-17(16(13-15)20(21)22)25-14-5-3-2-4-6-14/h7-8,13-14H,2-6,9-12H2,1H3. The molecule has 144 valence electrons. The molecule has 0 atom stereocenters. The molecular weight excluding hydrogens is 374 g/mol. The SMILES string of the molecule is CN1CCN(S(=O)(=O)c2ccc(SC3CCCCC3)c([N+](=O)[O-])c2)CC1. The van der Waals surface area contributed by atoms with Crippen molar-refractivity contribution >= 4 is 27.5 Å². The zero-order valence-electron chi connectivity index (χ0n) is 15.0. The zero-order chi connectivity index (χ0) is 18.7. The molecule has 1 heterocycles. The van der Waals surface area contributed by atoms with E-state index >= 15 is 0 Å². The number of hydrogen-bond acceptors (Lipinski definition) is 6. The quantitative estimate of drug-likeness (QED) is 0.559. The third-order valence-electron chi connectivity index (χ3n) is 5.07. The van der Waals surface area contributed by atoms with Crippen LogP contribution in [0.4, 0.5) is 5.69 Å². The average molecular weight is 400 g/mol. The fraction of sp³-hybridized carbons (Fsp3) is 0.647. The van der Waals surface area contributed by atoms with Gasteiger partial charge in [-0.3, -0.25) is 10.1 Å². The first-order valence-electron chi connectivity index (χ1n) is 9.02. The molecule has 9 heteroatoms. The summed E-state index contributed by atoms with van der Waals surface area (Å²) in [6.07, 6.45) is 5.65. The summed E-state index contributed by atoms with van der Waals surface area (Å²) in [4.78, 5) is 13.7. The molecule has 0 radical (unpaired) electrons. The van der Waals surface area contributed by atoms with Crippen molar-refractivity contribution in [1.82, 2.24) is 9.21 Å². The van der Waals surface area contributed by atoms with Crippen LogP contribution in [0.3, 0.4) is 0 Å². The predicted molar refractivity (Wildman–Crippen MR) is 102 cm³/mol. The van der Waals surface area contributed by atoms with Crippen molar-refractivity contribution < 1.29 is 13.3 Å². The molecule has 1 saturated carbocycles. The lowest BCUT2D eigenvalue weighted by Crippen LogP contribution is -2.47. The number of benzene rings is 1. The molecule has 0 amide bonds. The summed E-state index contributed by atoms with van der Waals surface area (Å²) in [5, 5.41) is 11.9. The molecule has 1 aromatic rings. The van der Waals surface area contributed by atoms with E-state index in [9.17, 15) is 18.5 Å². The monoisotopic (exact) mass is 399 g/mol. The van der Waals surface area contributed by atoms with Gasteiger partial charge in [0.2, 0.25) is 10.0 Å². The maximum absolute atomic E-state index is 12.8. The average Bonchev–Trinajstić information content (AvgIpc) is 2.63. The highest BCUT2D eigenvalue weighted by atomic mass is 32.2. The van der Waals surface area contributed by atoms with Crippen molar-refractivity contribution in [2.45, 2.75) is 47.1 Å². The minimum absolute atomic E-state index is 0.0155. The van der Waals surface area contributed by atoms with Gasteiger partial charge in [0.05, 0.1) is 14.7 Å². The predicted octanol–water partition coefficient (Wildman–Crippen LogP) is 2.96. The molecule has 1 saturated heterocycles. The Morgan fingerprint density at radius 2 is 1.77 bits per heavy atom. The Kier molecular flexibility index (Phi) is 6.21. The van der Waals surface area contributed by atoms with E-state index in [1.165, 1.54) is 34.6 Å². The molecule has 0 aromatic heterocycles. The lowest BCUT2D eigenvalue weighted by molar-refractivity contribution is -0.388. The minimum atomic E-state index is -3.70. The molecule has 26 heavy (non-hydrogen) atoms. The fourth-order valence-corrected chi connectivity index (χ4v) is 6.21. The van der Waals surface area contributed by atoms with Crippen molar-refractivity contribution in [1.29, 1.82) is 0 Å². The number of rotatable bonds is 5. The summed E-state index contributed by atoms with van der Waals surface area (Å²) in [6, 6.07) is 4.37. The molecule has 1 aromatic carbocycles. The van der Waals surface area contributed by atoms with Gasteiger partial charge in [0.25, 0.3) is 5.69 Å². The maximum atomic E-state index is 12.8. The number of nitro groups is 1. The van der Waals surface area contributed by atoms with Gasteiger partial charge in [0.15, 0.2) is 0 Å². The molecule has 0 unspecified atom stereocenters. The van der Waals surface area contributed by atoms with Gasteiger partial charge in [-0.05, 0) is 32.0 Å². The Balaban J connectivity index is 1.84. The van der Waals surface area contributed by atoms with Crippen LogP contribution in [0.2, 0.25) is 0 Å². The van der Waals surface area contributed by atoms with Gasteiger partial charge >= 0.3 is 0 Å². The molecule has 0 bridgehead atoms. The number of nitrogens with zero attached hydrogens (tertiary/aromatic N) is 3. The number of piperazine rings is 1. The summed E-state index contributed by atoms with van der Waals surface area (Å²) in [7, 11) is -1.75. The van der Waals surface area contributed by atoms with Crippen LogP contribution in [0.15, 0.2) is 28.0 Å². The molecule has 1 aliphatic carbocycles. The number of thioether (sulfide) groups is 1. The third-order valence-corrected chi connectivity index (χ3v) is 8.37.